The van der Waals surface area contributed by atoms with Gasteiger partial charge in [-0.05, 0) is 66.9 Å². The van der Waals surface area contributed by atoms with Crippen molar-refractivity contribution in [3.63, 3.8) is 0 Å². The zero-order chi connectivity index (χ0) is 32.2. The Morgan fingerprint density at radius 3 is 2.46 bits per heavy atom. The van der Waals surface area contributed by atoms with Crippen LogP contribution in [0, 0.1) is 0 Å². The van der Waals surface area contributed by atoms with Crippen LogP contribution in [0.15, 0.2) is 66.7 Å². The first-order valence-corrected chi connectivity index (χ1v) is 16.4. The van der Waals surface area contributed by atoms with Crippen molar-refractivity contribution >= 4 is 41.0 Å². The van der Waals surface area contributed by atoms with E-state index in [4.69, 9.17) is 35.6 Å². The highest BCUT2D eigenvalue weighted by molar-refractivity contribution is 8.00. The second kappa shape index (κ2) is 14.1. The predicted octanol–water partition coefficient (Wildman–Crippen LogP) is 5.68. The van der Waals surface area contributed by atoms with E-state index < -0.39 is 0 Å². The average Bonchev–Trinajstić information content (AvgIpc) is 3.72. The highest BCUT2D eigenvalue weighted by Crippen LogP contribution is 2.49. The fourth-order valence-corrected chi connectivity index (χ4v) is 7.07. The molecule has 12 heteroatoms. The molecule has 2 unspecified atom stereocenters. The third-order valence-corrected chi connectivity index (χ3v) is 9.59. The number of ether oxygens (including phenoxy) is 4. The van der Waals surface area contributed by atoms with Gasteiger partial charge in [0.05, 0.1) is 49.8 Å². The second-order valence-corrected chi connectivity index (χ2v) is 12.5. The molecule has 240 valence electrons. The third kappa shape index (κ3) is 6.53. The summed E-state index contributed by atoms with van der Waals surface area (Å²) in [4.78, 5) is 29.0. The molecular formula is C34H35ClN4O6S. The number of anilines is 1. The highest BCUT2D eigenvalue weighted by atomic mass is 35.5. The van der Waals surface area contributed by atoms with Gasteiger partial charge in [-0.2, -0.15) is 5.10 Å². The molecule has 3 aromatic carbocycles. The van der Waals surface area contributed by atoms with E-state index in [1.165, 1.54) is 11.8 Å². The Kier molecular flexibility index (Phi) is 9.72. The molecule has 4 aromatic rings. The van der Waals surface area contributed by atoms with Crippen LogP contribution in [0.4, 0.5) is 5.82 Å². The van der Waals surface area contributed by atoms with E-state index in [0.29, 0.717) is 52.6 Å². The molecule has 0 saturated carbocycles. The van der Waals surface area contributed by atoms with Crippen molar-refractivity contribution in [2.24, 2.45) is 0 Å². The molecule has 1 aromatic heterocycles. The first-order chi connectivity index (χ1) is 22.4. The normalized spacial score (nSPS) is 17.7. The zero-order valence-corrected chi connectivity index (χ0v) is 27.4. The van der Waals surface area contributed by atoms with Gasteiger partial charge in [-0.3, -0.25) is 14.5 Å². The Balaban J connectivity index is 1.54. The molecule has 2 aliphatic heterocycles. The van der Waals surface area contributed by atoms with Crippen molar-refractivity contribution in [2.75, 3.05) is 51.7 Å². The molecule has 2 amide bonds. The van der Waals surface area contributed by atoms with E-state index >= 15 is 0 Å². The number of amides is 2. The van der Waals surface area contributed by atoms with Crippen molar-refractivity contribution in [3.8, 4) is 34.2 Å². The summed E-state index contributed by atoms with van der Waals surface area (Å²) in [6, 6.07) is 20.6. The maximum Gasteiger partial charge on any atom is 0.240 e. The second-order valence-electron chi connectivity index (χ2n) is 10.9. The lowest BCUT2D eigenvalue weighted by atomic mass is 9.99. The van der Waals surface area contributed by atoms with Gasteiger partial charge < -0.3 is 24.3 Å². The van der Waals surface area contributed by atoms with Gasteiger partial charge in [-0.1, -0.05) is 29.8 Å². The molecule has 2 atom stereocenters. The van der Waals surface area contributed by atoms with Gasteiger partial charge in [0.2, 0.25) is 11.8 Å². The number of carbonyl (C=O) groups excluding carboxylic acids is 2. The highest BCUT2D eigenvalue weighted by Gasteiger charge is 2.38. The van der Waals surface area contributed by atoms with Crippen molar-refractivity contribution in [2.45, 2.75) is 24.2 Å². The van der Waals surface area contributed by atoms with Gasteiger partial charge in [0.15, 0.2) is 11.5 Å². The Morgan fingerprint density at radius 2 is 1.78 bits per heavy atom. The molecule has 3 heterocycles. The van der Waals surface area contributed by atoms with Gasteiger partial charge in [0.25, 0.3) is 0 Å². The maximum atomic E-state index is 14.0. The Labute approximate surface area is 276 Å². The van der Waals surface area contributed by atoms with Crippen LogP contribution in [0.5, 0.6) is 17.2 Å². The molecule has 6 rings (SSSR count). The first kappa shape index (κ1) is 31.8. The number of hydrogen-bond donors (Lipinski definition) is 1. The molecule has 1 saturated heterocycles. The number of fused-ring (bicyclic) bond motifs is 1. The summed E-state index contributed by atoms with van der Waals surface area (Å²) >= 11 is 7.76. The zero-order valence-electron chi connectivity index (χ0n) is 25.8. The summed E-state index contributed by atoms with van der Waals surface area (Å²) in [5.41, 5.74) is 3.86. The van der Waals surface area contributed by atoms with E-state index in [9.17, 15) is 9.59 Å². The van der Waals surface area contributed by atoms with Crippen LogP contribution in [-0.4, -0.2) is 74.5 Å². The molecule has 0 radical (unpaired) electrons. The average molecular weight is 663 g/mol. The van der Waals surface area contributed by atoms with Crippen LogP contribution >= 0.6 is 23.4 Å². The number of halogens is 1. The predicted molar refractivity (Wildman–Crippen MR) is 179 cm³/mol. The van der Waals surface area contributed by atoms with E-state index in [1.54, 1.807) is 30.9 Å². The number of nitrogens with one attached hydrogen (secondary N) is 1. The number of benzene rings is 3. The number of nitrogens with zero attached hydrogens (tertiary/aromatic N) is 3. The summed E-state index contributed by atoms with van der Waals surface area (Å²) in [6.45, 7) is 0.905. The standard InChI is InChI=1S/C34H35ClN4O6S/c1-42-25-13-11-24(12-14-25)39-34-31(32(37-39)21-6-9-23(35)10-7-21)33(22-8-15-27(43-2)28(17-22)44-3)46-20-30(41)38(34)19-29(40)36-18-26-5-4-16-45-26/h6-15,17,26,33H,4-5,16,18-20H2,1-3H3,(H,36,40). The van der Waals surface area contributed by atoms with Gasteiger partial charge >= 0.3 is 0 Å². The number of rotatable bonds is 10. The SMILES string of the molecule is COc1ccc(-n2nc(-c3ccc(Cl)cc3)c3c2N(CC(=O)NCC2CCCO2)C(=O)CSC3c2ccc(OC)c(OC)c2)cc1. The number of thioether (sulfide) groups is 1. The van der Waals surface area contributed by atoms with Crippen LogP contribution < -0.4 is 24.4 Å². The van der Waals surface area contributed by atoms with Gasteiger partial charge in [-0.15, -0.1) is 11.8 Å². The van der Waals surface area contributed by atoms with Crippen molar-refractivity contribution in [1.29, 1.82) is 0 Å². The maximum absolute atomic E-state index is 14.0. The monoisotopic (exact) mass is 662 g/mol. The fraction of sp³-hybridized carbons (Fsp3) is 0.324. The van der Waals surface area contributed by atoms with Crippen LogP contribution in [0.2, 0.25) is 5.02 Å². The van der Waals surface area contributed by atoms with Crippen LogP contribution in [0.25, 0.3) is 16.9 Å². The topological polar surface area (TPSA) is 104 Å². The van der Waals surface area contributed by atoms with Crippen molar-refractivity contribution in [3.05, 3.63) is 82.9 Å². The van der Waals surface area contributed by atoms with E-state index in [2.05, 4.69) is 5.32 Å². The fourth-order valence-electron chi connectivity index (χ4n) is 5.76. The van der Waals surface area contributed by atoms with E-state index in [-0.39, 0.29) is 35.5 Å². The minimum atomic E-state index is -0.351. The summed E-state index contributed by atoms with van der Waals surface area (Å²) in [6.07, 6.45) is 1.84. The van der Waals surface area contributed by atoms with Gasteiger partial charge in [0.1, 0.15) is 18.1 Å². The largest absolute Gasteiger partial charge is 0.497 e. The molecule has 0 spiro atoms. The smallest absolute Gasteiger partial charge is 0.240 e. The first-order valence-electron chi connectivity index (χ1n) is 15.0. The van der Waals surface area contributed by atoms with Gasteiger partial charge in [0, 0.05) is 29.3 Å². The minimum Gasteiger partial charge on any atom is -0.497 e. The lowest BCUT2D eigenvalue weighted by molar-refractivity contribution is -0.123. The lowest BCUT2D eigenvalue weighted by Gasteiger charge is -2.24. The van der Waals surface area contributed by atoms with Crippen LogP contribution in [0.3, 0.4) is 0 Å². The summed E-state index contributed by atoms with van der Waals surface area (Å²) in [5.74, 6) is 2.00. The quantitative estimate of drug-likeness (QED) is 0.231. The minimum absolute atomic E-state index is 0.0225. The molecule has 10 nitrogen and oxygen atoms in total. The van der Waals surface area contributed by atoms with E-state index in [0.717, 1.165) is 29.5 Å². The van der Waals surface area contributed by atoms with Crippen LogP contribution in [0.1, 0.15) is 29.2 Å². The number of hydrogen-bond acceptors (Lipinski definition) is 8. The van der Waals surface area contributed by atoms with Crippen molar-refractivity contribution < 1.29 is 28.5 Å². The van der Waals surface area contributed by atoms with Crippen LogP contribution in [-0.2, 0) is 14.3 Å². The summed E-state index contributed by atoms with van der Waals surface area (Å²) in [7, 11) is 4.79. The molecule has 1 N–H and O–H groups in total. The number of aromatic nitrogens is 2. The molecule has 1 fully saturated rings. The molecule has 2 aliphatic rings. The summed E-state index contributed by atoms with van der Waals surface area (Å²) in [5, 5.41) is 8.35. The van der Waals surface area contributed by atoms with E-state index in [1.807, 2.05) is 66.7 Å². The molecule has 46 heavy (non-hydrogen) atoms. The number of carbonyl (C=O) groups is 2. The molecule has 0 aliphatic carbocycles. The van der Waals surface area contributed by atoms with Crippen molar-refractivity contribution in [1.82, 2.24) is 15.1 Å². The Bertz CT molecular complexity index is 1710. The number of methoxy groups -OCH3 is 3. The Hall–Kier alpha value is -4.19. The Morgan fingerprint density at radius 1 is 1.02 bits per heavy atom. The third-order valence-electron chi connectivity index (χ3n) is 8.09. The molecular weight excluding hydrogens is 628 g/mol. The molecule has 0 bridgehead atoms. The summed E-state index contributed by atoms with van der Waals surface area (Å²) < 4.78 is 24.0. The van der Waals surface area contributed by atoms with Gasteiger partial charge in [-0.25, -0.2) is 4.68 Å². The lowest BCUT2D eigenvalue weighted by Crippen LogP contribution is -2.44.